The van der Waals surface area contributed by atoms with Crippen molar-refractivity contribution >= 4 is 0 Å². The summed E-state index contributed by atoms with van der Waals surface area (Å²) in [5.41, 5.74) is -8.00. The largest absolute Gasteiger partial charge is 0.396 e. The lowest BCUT2D eigenvalue weighted by Crippen LogP contribution is -2.56. The van der Waals surface area contributed by atoms with Gasteiger partial charge in [0.15, 0.2) is 0 Å². The van der Waals surface area contributed by atoms with Gasteiger partial charge in [0.1, 0.15) is 22.7 Å². The van der Waals surface area contributed by atoms with Gasteiger partial charge in [0.2, 0.25) is 0 Å². The molecule has 8 aliphatic rings. The lowest BCUT2D eigenvalue weighted by molar-refractivity contribution is -0.196. The Labute approximate surface area is 288 Å². The highest BCUT2D eigenvalue weighted by Gasteiger charge is 2.78. The van der Waals surface area contributed by atoms with E-state index in [0.717, 1.165) is 12.8 Å². The van der Waals surface area contributed by atoms with Crippen molar-refractivity contribution in [3.05, 3.63) is 0 Å². The fourth-order valence-electron chi connectivity index (χ4n) is 11.7. The van der Waals surface area contributed by atoms with Crippen LogP contribution in [0.2, 0.25) is 0 Å². The van der Waals surface area contributed by atoms with Crippen LogP contribution in [0.5, 0.6) is 0 Å². The third-order valence-corrected chi connectivity index (χ3v) is 15.7. The van der Waals surface area contributed by atoms with Gasteiger partial charge in [-0.1, -0.05) is 20.8 Å². The van der Waals surface area contributed by atoms with Crippen LogP contribution >= 0.6 is 0 Å². The monoisotopic (exact) mass is 702 g/mol. The lowest BCUT2D eigenvalue weighted by atomic mass is 9.75. The fourth-order valence-corrected chi connectivity index (χ4v) is 11.7. The van der Waals surface area contributed by atoms with E-state index in [0.29, 0.717) is 78.2 Å². The van der Waals surface area contributed by atoms with E-state index < -0.39 is 76.2 Å². The number of alkyl halides is 4. The van der Waals surface area contributed by atoms with Gasteiger partial charge in [-0.25, -0.2) is 17.6 Å². The summed E-state index contributed by atoms with van der Waals surface area (Å²) < 4.78 is 103. The molecule has 49 heavy (non-hydrogen) atoms. The van der Waals surface area contributed by atoms with E-state index in [2.05, 4.69) is 13.8 Å². The number of aliphatic hydroxyl groups is 1. The second-order valence-electron chi connectivity index (χ2n) is 17.9. The Morgan fingerprint density at radius 1 is 0.633 bits per heavy atom. The number of hydrogen-bond acceptors (Lipinski definition) is 7. The molecule has 0 spiro atoms. The third kappa shape index (κ3) is 5.04. The van der Waals surface area contributed by atoms with Crippen LogP contribution in [0.4, 0.5) is 17.6 Å². The fraction of sp³-hybridized carbons (Fsp3) is 1.00. The molecule has 2 aliphatic heterocycles. The molecule has 13 atom stereocenters. The Kier molecular flexibility index (Phi) is 8.86. The Hall–Kier alpha value is -0.560. The molecular formula is C38H58F4O7. The topological polar surface area (TPSA) is 75.6 Å². The van der Waals surface area contributed by atoms with Crippen LogP contribution in [-0.2, 0) is 28.4 Å². The zero-order chi connectivity index (χ0) is 34.5. The molecule has 2 heterocycles. The third-order valence-electron chi connectivity index (χ3n) is 15.7. The minimum Gasteiger partial charge on any atom is -0.396 e. The van der Waals surface area contributed by atoms with Crippen molar-refractivity contribution in [2.24, 2.45) is 39.9 Å². The summed E-state index contributed by atoms with van der Waals surface area (Å²) in [6.45, 7) is 9.22. The molecule has 0 radical (unpaired) electrons. The first-order valence-corrected chi connectivity index (χ1v) is 19.4. The van der Waals surface area contributed by atoms with E-state index in [1.54, 1.807) is 0 Å². The van der Waals surface area contributed by atoms with Crippen molar-refractivity contribution in [2.45, 2.75) is 138 Å². The maximum atomic E-state index is 17.0. The number of aliphatic hydroxyl groups excluding tert-OH is 1. The lowest BCUT2D eigenvalue weighted by Gasteiger charge is -2.45. The molecule has 0 aromatic rings. The van der Waals surface area contributed by atoms with E-state index in [4.69, 9.17) is 28.4 Å². The smallest absolute Gasteiger partial charge is 0.145 e. The minimum absolute atomic E-state index is 0.0265. The van der Waals surface area contributed by atoms with Gasteiger partial charge in [0.05, 0.1) is 83.9 Å². The molecule has 7 nitrogen and oxygen atoms in total. The number of fused-ring (bicyclic) bond motifs is 10. The summed E-state index contributed by atoms with van der Waals surface area (Å²) in [7, 11) is 0. The predicted molar refractivity (Wildman–Crippen MR) is 172 cm³/mol. The van der Waals surface area contributed by atoms with Gasteiger partial charge in [0, 0.05) is 39.9 Å². The summed E-state index contributed by atoms with van der Waals surface area (Å²) in [5, 5.41) is 10.6. The van der Waals surface area contributed by atoms with Crippen molar-refractivity contribution in [3.8, 4) is 0 Å². The van der Waals surface area contributed by atoms with Crippen molar-refractivity contribution < 1.29 is 51.1 Å². The van der Waals surface area contributed by atoms with Crippen molar-refractivity contribution in [1.82, 2.24) is 0 Å². The van der Waals surface area contributed by atoms with E-state index in [-0.39, 0.29) is 49.9 Å². The van der Waals surface area contributed by atoms with Crippen molar-refractivity contribution in [1.29, 1.82) is 0 Å². The van der Waals surface area contributed by atoms with Crippen LogP contribution in [0.1, 0.15) is 91.4 Å². The Morgan fingerprint density at radius 2 is 1.06 bits per heavy atom. The molecular weight excluding hydrogens is 644 g/mol. The maximum absolute atomic E-state index is 17.0. The Bertz CT molecular complexity index is 1220. The van der Waals surface area contributed by atoms with Gasteiger partial charge in [-0.2, -0.15) is 0 Å². The summed E-state index contributed by atoms with van der Waals surface area (Å²) in [6, 6.07) is 0. The first-order chi connectivity index (χ1) is 23.4. The highest BCUT2D eigenvalue weighted by Crippen LogP contribution is 2.69. The molecule has 8 fully saturated rings. The van der Waals surface area contributed by atoms with Crippen LogP contribution < -0.4 is 0 Å². The van der Waals surface area contributed by atoms with E-state index >= 15 is 17.6 Å². The summed E-state index contributed by atoms with van der Waals surface area (Å²) >= 11 is 0. The van der Waals surface area contributed by atoms with Crippen LogP contribution in [0.15, 0.2) is 0 Å². The second kappa shape index (κ2) is 12.2. The number of ether oxygens (including phenoxy) is 6. The average Bonchev–Trinajstić information content (AvgIpc) is 3.85. The summed E-state index contributed by atoms with van der Waals surface area (Å²) in [4.78, 5) is 0. The minimum atomic E-state index is -1.80. The zero-order valence-electron chi connectivity index (χ0n) is 29.7. The molecule has 11 heteroatoms. The van der Waals surface area contributed by atoms with Crippen LogP contribution in [-0.4, -0.2) is 112 Å². The zero-order valence-corrected chi connectivity index (χ0v) is 29.7. The molecule has 8 rings (SSSR count). The number of halogens is 4. The van der Waals surface area contributed by atoms with Gasteiger partial charge in [0.25, 0.3) is 0 Å². The predicted octanol–water partition coefficient (Wildman–Crippen LogP) is 6.27. The van der Waals surface area contributed by atoms with Gasteiger partial charge >= 0.3 is 0 Å². The average molecular weight is 703 g/mol. The Balaban J connectivity index is 0.872. The number of rotatable bonds is 16. The van der Waals surface area contributed by atoms with Crippen LogP contribution in [0.3, 0.4) is 0 Å². The SMILES string of the molecule is CCC1(COC2CC3CC2(F)C2CCC(OCC(CC)(CO)COC4CC5CC4(F)C4CCC(OCC6(CC)COC6)C54F)C32F)COC1. The molecule has 13 unspecified atom stereocenters. The van der Waals surface area contributed by atoms with E-state index in [9.17, 15) is 5.11 Å². The normalized spacial score (nSPS) is 49.5. The highest BCUT2D eigenvalue weighted by molar-refractivity contribution is 5.26. The highest BCUT2D eigenvalue weighted by atomic mass is 19.2. The molecule has 6 aliphatic carbocycles. The maximum Gasteiger partial charge on any atom is 0.145 e. The van der Waals surface area contributed by atoms with Gasteiger partial charge in [-0.15, -0.1) is 0 Å². The van der Waals surface area contributed by atoms with Gasteiger partial charge < -0.3 is 33.5 Å². The molecule has 2 saturated heterocycles. The van der Waals surface area contributed by atoms with E-state index in [1.807, 2.05) is 6.92 Å². The molecule has 4 bridgehead atoms. The van der Waals surface area contributed by atoms with Crippen LogP contribution in [0.25, 0.3) is 0 Å². The number of hydrogen-bond donors (Lipinski definition) is 1. The molecule has 0 aromatic carbocycles. The first kappa shape index (κ1) is 35.5. The molecule has 6 saturated carbocycles. The molecule has 280 valence electrons. The first-order valence-electron chi connectivity index (χ1n) is 19.4. The summed E-state index contributed by atoms with van der Waals surface area (Å²) in [5.74, 6) is -2.51. The van der Waals surface area contributed by atoms with Gasteiger partial charge in [-0.05, 0) is 70.6 Å². The standard InChI is InChI=1S/C38H58F4O7/c1-4-32(15-43,20-46-28-9-7-27-36(40)14-25(37(27,28)41)12-31(36)49-23-34(6-3)18-45-19-34)21-48-30-11-24-13-35(30,39)26-8-10-29(38(24,26)42)47-22-33(5-2)16-44-17-33/h24-31,43H,4-23H2,1-3H3. The second-order valence-corrected chi connectivity index (χ2v) is 17.9. The van der Waals surface area contributed by atoms with Crippen LogP contribution in [0, 0.1) is 39.9 Å². The quantitative estimate of drug-likeness (QED) is 0.190. The Morgan fingerprint density at radius 3 is 1.47 bits per heavy atom. The molecule has 1 N–H and O–H groups in total. The molecule has 0 aromatic heterocycles. The van der Waals surface area contributed by atoms with Crippen molar-refractivity contribution in [2.75, 3.05) is 59.5 Å². The van der Waals surface area contributed by atoms with Crippen molar-refractivity contribution in [3.63, 3.8) is 0 Å². The van der Waals surface area contributed by atoms with Gasteiger partial charge in [-0.3, -0.25) is 0 Å². The van der Waals surface area contributed by atoms with E-state index in [1.165, 1.54) is 0 Å². The molecule has 0 amide bonds. The summed E-state index contributed by atoms with van der Waals surface area (Å²) in [6.07, 6.45) is 2.08.